The molecule has 0 bridgehead atoms. The summed E-state index contributed by atoms with van der Waals surface area (Å²) in [5, 5.41) is 14.6. The number of hydrogen-bond acceptors (Lipinski definition) is 6. The third-order valence-electron chi connectivity index (χ3n) is 6.43. The van der Waals surface area contributed by atoms with Crippen molar-refractivity contribution in [2.24, 2.45) is 10.2 Å². The summed E-state index contributed by atoms with van der Waals surface area (Å²) >= 11 is 5.01. The molecular weight excluding hydrogens is 544 g/mol. The van der Waals surface area contributed by atoms with Crippen LogP contribution in [0.3, 0.4) is 0 Å². The molecule has 0 radical (unpaired) electrons. The molecule has 0 N–H and O–H groups in total. The van der Waals surface area contributed by atoms with Crippen molar-refractivity contribution in [3.05, 3.63) is 131 Å². The summed E-state index contributed by atoms with van der Waals surface area (Å²) in [5.74, 6) is -0.0842. The molecule has 37 heavy (non-hydrogen) atoms. The Morgan fingerprint density at radius 3 is 1.86 bits per heavy atom. The minimum Gasteiger partial charge on any atom is -0.286 e. The number of para-hydroxylation sites is 2. The third-order valence-corrected chi connectivity index (χ3v) is 8.30. The van der Waals surface area contributed by atoms with Crippen LogP contribution in [0.4, 0.5) is 11.4 Å². The second kappa shape index (κ2) is 10.00. The molecule has 5 nitrogen and oxygen atoms in total. The Labute approximate surface area is 228 Å². The van der Waals surface area contributed by atoms with E-state index in [1.165, 1.54) is 11.8 Å². The number of hydrazone groups is 2. The topological polar surface area (TPSA) is 48.3 Å². The van der Waals surface area contributed by atoms with Crippen LogP contribution in [0.2, 0.25) is 0 Å². The highest BCUT2D eigenvalue weighted by Gasteiger charge is 2.53. The largest absolute Gasteiger partial charge is 0.286 e. The molecule has 6 rings (SSSR count). The summed E-state index contributed by atoms with van der Waals surface area (Å²) in [4.78, 5) is 12.8. The van der Waals surface area contributed by atoms with Crippen molar-refractivity contribution in [3.63, 3.8) is 0 Å². The molecule has 0 aliphatic carbocycles. The summed E-state index contributed by atoms with van der Waals surface area (Å²) in [7, 11) is 0. The van der Waals surface area contributed by atoms with Gasteiger partial charge in [-0.2, -0.15) is 10.2 Å². The second-order valence-corrected chi connectivity index (χ2v) is 11.0. The Bertz CT molecular complexity index is 1480. The van der Waals surface area contributed by atoms with E-state index in [1.807, 2.05) is 101 Å². The van der Waals surface area contributed by atoms with E-state index in [0.717, 1.165) is 33.5 Å². The van der Waals surface area contributed by atoms with Crippen LogP contribution >= 0.6 is 27.7 Å². The first-order valence-electron chi connectivity index (χ1n) is 12.1. The molecule has 4 aromatic rings. The quantitative estimate of drug-likeness (QED) is 0.234. The summed E-state index contributed by atoms with van der Waals surface area (Å²) in [5.41, 5.74) is 4.55. The van der Waals surface area contributed by atoms with Crippen molar-refractivity contribution in [1.29, 1.82) is 0 Å². The molecule has 1 spiro atoms. The predicted molar refractivity (Wildman–Crippen MR) is 156 cm³/mol. The van der Waals surface area contributed by atoms with Crippen molar-refractivity contribution in [2.75, 3.05) is 10.0 Å². The van der Waals surface area contributed by atoms with Crippen LogP contribution in [0.25, 0.3) is 0 Å². The van der Waals surface area contributed by atoms with Gasteiger partial charge in [0.2, 0.25) is 10.8 Å². The van der Waals surface area contributed by atoms with Gasteiger partial charge in [0.1, 0.15) is 0 Å². The van der Waals surface area contributed by atoms with Gasteiger partial charge in [0.25, 0.3) is 0 Å². The molecule has 182 valence electrons. The van der Waals surface area contributed by atoms with Crippen LogP contribution in [0.5, 0.6) is 0 Å². The lowest BCUT2D eigenvalue weighted by Gasteiger charge is -2.46. The smallest absolute Gasteiger partial charge is 0.219 e. The van der Waals surface area contributed by atoms with Crippen LogP contribution in [0.1, 0.15) is 28.8 Å². The third kappa shape index (κ3) is 4.49. The molecule has 0 aromatic heterocycles. The lowest BCUT2D eigenvalue weighted by molar-refractivity contribution is 0.106. The average Bonchev–Trinajstić information content (AvgIpc) is 3.34. The molecule has 7 heteroatoms. The van der Waals surface area contributed by atoms with Gasteiger partial charge >= 0.3 is 0 Å². The lowest BCUT2D eigenvalue weighted by atomic mass is 10.0. The summed E-state index contributed by atoms with van der Waals surface area (Å²) in [6.07, 6.45) is 1.45. The van der Waals surface area contributed by atoms with Gasteiger partial charge in [-0.05, 0) is 60.1 Å². The number of rotatable bonds is 5. The van der Waals surface area contributed by atoms with Crippen LogP contribution in [-0.2, 0) is 0 Å². The van der Waals surface area contributed by atoms with E-state index >= 15 is 0 Å². The molecule has 1 atom stereocenters. The molecule has 0 amide bonds. The zero-order valence-corrected chi connectivity index (χ0v) is 22.3. The van der Waals surface area contributed by atoms with Gasteiger partial charge in [-0.15, -0.1) is 0 Å². The van der Waals surface area contributed by atoms with Gasteiger partial charge in [-0.1, -0.05) is 94.8 Å². The Morgan fingerprint density at radius 1 is 0.730 bits per heavy atom. The predicted octanol–water partition coefficient (Wildman–Crippen LogP) is 7.56. The highest BCUT2D eigenvalue weighted by Crippen LogP contribution is 2.50. The standard InChI is InChI=1S/C30H23BrN4OS/c31-24-18-16-22(17-19-24)27-20-21-30(34(32-27)25-12-6-2-7-13-25)35(26-14-8-3-9-15-26)33-29(37-30)28(36)23-10-4-1-5-11-23/h1-19H,20-21H2. The number of thioether (sulfide) groups is 1. The average molecular weight is 568 g/mol. The molecule has 0 saturated heterocycles. The van der Waals surface area contributed by atoms with E-state index in [2.05, 4.69) is 40.2 Å². The minimum atomic E-state index is -0.735. The van der Waals surface area contributed by atoms with Gasteiger partial charge in [-0.3, -0.25) is 4.79 Å². The van der Waals surface area contributed by atoms with E-state index in [4.69, 9.17) is 10.2 Å². The first-order valence-corrected chi connectivity index (χ1v) is 13.7. The van der Waals surface area contributed by atoms with Gasteiger partial charge < -0.3 is 0 Å². The number of carbonyl (C=O) groups excluding carboxylic acids is 1. The fourth-order valence-electron chi connectivity index (χ4n) is 4.62. The molecule has 1 unspecified atom stereocenters. The summed E-state index contributed by atoms with van der Waals surface area (Å²) < 4.78 is 1.03. The van der Waals surface area contributed by atoms with Crippen LogP contribution in [0, 0.1) is 0 Å². The maximum absolute atomic E-state index is 13.6. The number of nitrogens with zero attached hydrogens (tertiary/aromatic N) is 4. The highest BCUT2D eigenvalue weighted by molar-refractivity contribution is 9.10. The van der Waals surface area contributed by atoms with Crippen molar-refractivity contribution in [2.45, 2.75) is 17.8 Å². The molecule has 2 aliphatic rings. The fourth-order valence-corrected chi connectivity index (χ4v) is 6.20. The van der Waals surface area contributed by atoms with E-state index in [0.29, 0.717) is 17.0 Å². The maximum Gasteiger partial charge on any atom is 0.219 e. The Morgan fingerprint density at radius 2 is 1.27 bits per heavy atom. The van der Waals surface area contributed by atoms with Crippen molar-refractivity contribution >= 4 is 55.6 Å². The number of carbonyl (C=O) groups is 1. The fraction of sp³-hybridized carbons (Fsp3) is 0.100. The molecule has 2 aliphatic heterocycles. The van der Waals surface area contributed by atoms with Gasteiger partial charge in [0.05, 0.1) is 17.1 Å². The Kier molecular flexibility index (Phi) is 6.40. The SMILES string of the molecule is O=C(C1=NN(c2ccccc2)C2(CCC(c3ccc(Br)cc3)=NN2c2ccccc2)S1)c1ccccc1. The number of Topliss-reactive ketones (excluding diaryl/α,β-unsaturated/α-hetero) is 1. The molecule has 0 saturated carbocycles. The molecule has 4 aromatic carbocycles. The molecule has 2 heterocycles. The maximum atomic E-state index is 13.6. The van der Waals surface area contributed by atoms with E-state index in [-0.39, 0.29) is 5.78 Å². The second-order valence-electron chi connectivity index (χ2n) is 8.79. The first-order chi connectivity index (χ1) is 18.1. The van der Waals surface area contributed by atoms with Gasteiger partial charge in [0, 0.05) is 16.5 Å². The van der Waals surface area contributed by atoms with Crippen LogP contribution in [-0.4, -0.2) is 21.5 Å². The zero-order valence-electron chi connectivity index (χ0n) is 19.9. The Balaban J connectivity index is 1.49. The highest BCUT2D eigenvalue weighted by atomic mass is 79.9. The number of hydrogen-bond donors (Lipinski definition) is 0. The summed E-state index contributed by atoms with van der Waals surface area (Å²) in [6.45, 7) is 0. The van der Waals surface area contributed by atoms with Gasteiger partial charge in [-0.25, -0.2) is 10.0 Å². The Hall–Kier alpha value is -3.68. The number of ketones is 1. The van der Waals surface area contributed by atoms with Crippen LogP contribution in [0.15, 0.2) is 130 Å². The van der Waals surface area contributed by atoms with Crippen molar-refractivity contribution in [3.8, 4) is 0 Å². The van der Waals surface area contributed by atoms with Crippen molar-refractivity contribution in [1.82, 2.24) is 0 Å². The first kappa shape index (κ1) is 23.7. The number of benzene rings is 4. The lowest BCUT2D eigenvalue weighted by Crippen LogP contribution is -2.56. The monoisotopic (exact) mass is 566 g/mol. The van der Waals surface area contributed by atoms with E-state index < -0.39 is 4.99 Å². The minimum absolute atomic E-state index is 0.0842. The van der Waals surface area contributed by atoms with E-state index in [1.54, 1.807) is 0 Å². The molecule has 0 fully saturated rings. The van der Waals surface area contributed by atoms with Crippen LogP contribution < -0.4 is 10.0 Å². The number of anilines is 2. The zero-order chi connectivity index (χ0) is 25.2. The normalized spacial score (nSPS) is 19.1. The van der Waals surface area contributed by atoms with E-state index in [9.17, 15) is 4.79 Å². The van der Waals surface area contributed by atoms with Gasteiger partial charge in [0.15, 0.2) is 5.04 Å². The number of halogens is 1. The molecular formula is C30H23BrN4OS. The van der Waals surface area contributed by atoms with Crippen molar-refractivity contribution < 1.29 is 4.79 Å². The summed E-state index contributed by atoms with van der Waals surface area (Å²) in [6, 6.07) is 37.7.